The third-order valence-electron chi connectivity index (χ3n) is 6.61. The number of sulfonamides is 1. The molecular weight excluding hydrogens is 434 g/mol. The van der Waals surface area contributed by atoms with E-state index in [2.05, 4.69) is 0 Å². The van der Waals surface area contributed by atoms with Crippen LogP contribution in [0.3, 0.4) is 0 Å². The van der Waals surface area contributed by atoms with E-state index in [0.717, 1.165) is 16.7 Å². The SMILES string of the molecule is COc1c2c3c(c(OC)c1OC)C1(CC3N(S(=O)(=O)c3ccc(C)cc3)CC2)OCCO1. The number of hydrogen-bond acceptors (Lipinski definition) is 7. The van der Waals surface area contributed by atoms with Gasteiger partial charge >= 0.3 is 0 Å². The van der Waals surface area contributed by atoms with Crippen LogP contribution in [0.15, 0.2) is 29.2 Å². The minimum atomic E-state index is -3.74. The molecule has 5 rings (SSSR count). The third kappa shape index (κ3) is 2.88. The zero-order valence-electron chi connectivity index (χ0n) is 18.6. The summed E-state index contributed by atoms with van der Waals surface area (Å²) in [5, 5.41) is 0. The molecule has 1 aliphatic carbocycles. The maximum atomic E-state index is 13.7. The van der Waals surface area contributed by atoms with E-state index in [1.807, 2.05) is 19.1 Å². The third-order valence-corrected chi connectivity index (χ3v) is 8.53. The Morgan fingerprint density at radius 2 is 1.59 bits per heavy atom. The first-order valence-electron chi connectivity index (χ1n) is 10.6. The first-order valence-corrected chi connectivity index (χ1v) is 12.0. The van der Waals surface area contributed by atoms with Gasteiger partial charge in [-0.2, -0.15) is 4.31 Å². The topological polar surface area (TPSA) is 83.5 Å². The first-order chi connectivity index (χ1) is 15.4. The largest absolute Gasteiger partial charge is 0.492 e. The molecular formula is C23H27NO7S. The van der Waals surface area contributed by atoms with E-state index in [9.17, 15) is 8.42 Å². The minimum absolute atomic E-state index is 0.273. The average molecular weight is 462 g/mol. The van der Waals surface area contributed by atoms with Gasteiger partial charge in [0.2, 0.25) is 21.6 Å². The molecule has 0 saturated carbocycles. The number of ether oxygens (including phenoxy) is 5. The van der Waals surface area contributed by atoms with Crippen LogP contribution in [0.2, 0.25) is 0 Å². The van der Waals surface area contributed by atoms with E-state index in [-0.39, 0.29) is 4.90 Å². The van der Waals surface area contributed by atoms with Crippen LogP contribution in [-0.4, -0.2) is 53.8 Å². The summed E-state index contributed by atoms with van der Waals surface area (Å²) in [6.07, 6.45) is 0.816. The van der Waals surface area contributed by atoms with Crippen LogP contribution < -0.4 is 14.2 Å². The van der Waals surface area contributed by atoms with Crippen molar-refractivity contribution >= 4 is 10.0 Å². The highest BCUT2D eigenvalue weighted by Gasteiger charge is 2.57. The summed E-state index contributed by atoms with van der Waals surface area (Å²) >= 11 is 0. The van der Waals surface area contributed by atoms with Gasteiger partial charge in [0.1, 0.15) is 0 Å². The lowest BCUT2D eigenvalue weighted by molar-refractivity contribution is -0.169. The summed E-state index contributed by atoms with van der Waals surface area (Å²) in [7, 11) is 0.957. The average Bonchev–Trinajstić information content (AvgIpc) is 3.39. The van der Waals surface area contributed by atoms with Crippen molar-refractivity contribution in [2.75, 3.05) is 41.1 Å². The number of fused-ring (bicyclic) bond motifs is 1. The van der Waals surface area contributed by atoms with Gasteiger partial charge in [0.05, 0.1) is 51.0 Å². The van der Waals surface area contributed by atoms with Crippen molar-refractivity contribution in [3.05, 3.63) is 46.5 Å². The van der Waals surface area contributed by atoms with E-state index in [4.69, 9.17) is 23.7 Å². The molecule has 1 unspecified atom stereocenters. The fourth-order valence-electron chi connectivity index (χ4n) is 5.27. The second kappa shape index (κ2) is 7.62. The van der Waals surface area contributed by atoms with Gasteiger partial charge in [-0.05, 0) is 31.0 Å². The summed E-state index contributed by atoms with van der Waals surface area (Å²) < 4.78 is 58.4. The first kappa shape index (κ1) is 21.5. The Balaban J connectivity index is 1.73. The van der Waals surface area contributed by atoms with Crippen molar-refractivity contribution in [3.8, 4) is 17.2 Å². The van der Waals surface area contributed by atoms with Crippen molar-refractivity contribution in [2.24, 2.45) is 0 Å². The van der Waals surface area contributed by atoms with Gasteiger partial charge in [0.25, 0.3) is 0 Å². The molecule has 1 atom stereocenters. The number of rotatable bonds is 5. The molecule has 0 radical (unpaired) electrons. The van der Waals surface area contributed by atoms with E-state index in [0.29, 0.717) is 55.4 Å². The van der Waals surface area contributed by atoms with Gasteiger partial charge in [-0.25, -0.2) is 8.42 Å². The Bertz CT molecular complexity index is 1150. The lowest BCUT2D eigenvalue weighted by atomic mass is 9.92. The van der Waals surface area contributed by atoms with Crippen LogP contribution in [0, 0.1) is 6.92 Å². The van der Waals surface area contributed by atoms with E-state index in [1.165, 1.54) is 0 Å². The summed E-state index contributed by atoms with van der Waals surface area (Å²) in [5.74, 6) is 0.417. The number of methoxy groups -OCH3 is 3. The minimum Gasteiger partial charge on any atom is -0.492 e. The fourth-order valence-corrected chi connectivity index (χ4v) is 6.87. The lowest BCUT2D eigenvalue weighted by Gasteiger charge is -2.35. The predicted octanol–water partition coefficient (Wildman–Crippen LogP) is 2.91. The Morgan fingerprint density at radius 3 is 2.19 bits per heavy atom. The summed E-state index contributed by atoms with van der Waals surface area (Å²) in [6, 6.07) is 6.47. The van der Waals surface area contributed by atoms with Crippen molar-refractivity contribution in [1.29, 1.82) is 0 Å². The zero-order valence-corrected chi connectivity index (χ0v) is 19.5. The van der Waals surface area contributed by atoms with Crippen LogP contribution in [0.5, 0.6) is 17.2 Å². The van der Waals surface area contributed by atoms with Crippen LogP contribution in [0.4, 0.5) is 0 Å². The molecule has 2 aromatic carbocycles. The molecule has 8 nitrogen and oxygen atoms in total. The normalized spacial score (nSPS) is 21.6. The highest BCUT2D eigenvalue weighted by atomic mass is 32.2. The molecule has 9 heteroatoms. The maximum Gasteiger partial charge on any atom is 0.243 e. The van der Waals surface area contributed by atoms with Crippen LogP contribution in [0.1, 0.15) is 34.7 Å². The highest BCUT2D eigenvalue weighted by Crippen LogP contribution is 2.62. The van der Waals surface area contributed by atoms with Gasteiger partial charge in [0.15, 0.2) is 11.5 Å². The van der Waals surface area contributed by atoms with Crippen molar-refractivity contribution in [1.82, 2.24) is 4.31 Å². The maximum absolute atomic E-state index is 13.7. The van der Waals surface area contributed by atoms with Crippen molar-refractivity contribution in [2.45, 2.75) is 36.5 Å². The van der Waals surface area contributed by atoms with E-state index in [1.54, 1.807) is 37.8 Å². The molecule has 172 valence electrons. The molecule has 2 aromatic rings. The molecule has 2 heterocycles. The van der Waals surface area contributed by atoms with Gasteiger partial charge in [-0.15, -0.1) is 0 Å². The molecule has 1 saturated heterocycles. The molecule has 3 aliphatic rings. The molecule has 1 fully saturated rings. The van der Waals surface area contributed by atoms with Crippen molar-refractivity contribution in [3.63, 3.8) is 0 Å². The number of benzene rings is 2. The van der Waals surface area contributed by atoms with Gasteiger partial charge in [0, 0.05) is 18.5 Å². The second-order valence-electron chi connectivity index (χ2n) is 8.22. The van der Waals surface area contributed by atoms with Crippen LogP contribution in [-0.2, 0) is 31.7 Å². The zero-order chi connectivity index (χ0) is 22.7. The fraction of sp³-hybridized carbons (Fsp3) is 0.478. The smallest absolute Gasteiger partial charge is 0.243 e. The standard InChI is InChI=1S/C23H27NO7S/c1-14-5-7-15(8-6-14)32(25,26)24-10-9-16-18-17(24)13-23(30-11-12-31-23)19(18)21(28-3)22(29-4)20(16)27-2/h5-8,17H,9-13H2,1-4H3. The molecule has 32 heavy (non-hydrogen) atoms. The molecule has 0 N–H and O–H groups in total. The quantitative estimate of drug-likeness (QED) is 0.677. The van der Waals surface area contributed by atoms with Crippen molar-refractivity contribution < 1.29 is 32.1 Å². The summed E-state index contributed by atoms with van der Waals surface area (Å²) in [5.41, 5.74) is 3.46. The van der Waals surface area contributed by atoms with Crippen LogP contribution in [0.25, 0.3) is 0 Å². The van der Waals surface area contributed by atoms with Gasteiger partial charge in [-0.3, -0.25) is 0 Å². The molecule has 2 aliphatic heterocycles. The highest BCUT2D eigenvalue weighted by molar-refractivity contribution is 7.89. The number of aryl methyl sites for hydroxylation is 1. The van der Waals surface area contributed by atoms with E-state index >= 15 is 0 Å². The van der Waals surface area contributed by atoms with Gasteiger partial charge in [-0.1, -0.05) is 17.7 Å². The Labute approximate surface area is 188 Å². The number of nitrogens with zero attached hydrogens (tertiary/aromatic N) is 1. The Kier molecular flexibility index (Phi) is 5.12. The second-order valence-corrected chi connectivity index (χ2v) is 10.1. The Hall–Kier alpha value is -2.33. The van der Waals surface area contributed by atoms with Gasteiger partial charge < -0.3 is 23.7 Å². The molecule has 0 amide bonds. The Morgan fingerprint density at radius 1 is 0.969 bits per heavy atom. The number of hydrogen-bond donors (Lipinski definition) is 0. The summed E-state index contributed by atoms with van der Waals surface area (Å²) in [6.45, 7) is 3.09. The molecule has 0 bridgehead atoms. The molecule has 0 aromatic heterocycles. The predicted molar refractivity (Wildman–Crippen MR) is 116 cm³/mol. The lowest BCUT2D eigenvalue weighted by Crippen LogP contribution is -2.39. The summed E-state index contributed by atoms with van der Waals surface area (Å²) in [4.78, 5) is 0.273. The monoisotopic (exact) mass is 461 g/mol. The van der Waals surface area contributed by atoms with E-state index < -0.39 is 21.9 Å². The van der Waals surface area contributed by atoms with Crippen LogP contribution >= 0.6 is 0 Å². The molecule has 1 spiro atoms.